The lowest BCUT2D eigenvalue weighted by Gasteiger charge is -2.12. The van der Waals surface area contributed by atoms with Crippen molar-refractivity contribution < 1.29 is 12.8 Å². The van der Waals surface area contributed by atoms with Gasteiger partial charge in [-0.25, -0.2) is 12.8 Å². The summed E-state index contributed by atoms with van der Waals surface area (Å²) >= 11 is 3.26. The van der Waals surface area contributed by atoms with Crippen LogP contribution in [-0.4, -0.2) is 8.42 Å². The summed E-state index contributed by atoms with van der Waals surface area (Å²) in [5.41, 5.74) is 6.84. The van der Waals surface area contributed by atoms with Gasteiger partial charge in [-0.1, -0.05) is 6.07 Å². The van der Waals surface area contributed by atoms with Crippen molar-refractivity contribution in [3.63, 3.8) is 0 Å². The summed E-state index contributed by atoms with van der Waals surface area (Å²) in [7, 11) is -3.95. The zero-order valence-corrected chi connectivity index (χ0v) is 12.9. The van der Waals surface area contributed by atoms with E-state index in [0.29, 0.717) is 10.2 Å². The highest BCUT2D eigenvalue weighted by molar-refractivity contribution is 9.10. The number of nitrogens with one attached hydrogen (secondary N) is 1. The number of hydrogen-bond acceptors (Lipinski definition) is 3. The lowest BCUT2D eigenvalue weighted by atomic mass is 10.2. The average Bonchev–Trinajstić information content (AvgIpc) is 2.36. The second kappa shape index (κ2) is 5.41. The fourth-order valence-corrected chi connectivity index (χ4v) is 3.35. The van der Waals surface area contributed by atoms with Crippen LogP contribution in [0.5, 0.6) is 0 Å². The first-order chi connectivity index (χ1) is 9.29. The van der Waals surface area contributed by atoms with Crippen molar-refractivity contribution in [2.45, 2.75) is 11.8 Å². The Morgan fingerprint density at radius 3 is 2.60 bits per heavy atom. The zero-order valence-electron chi connectivity index (χ0n) is 10.5. The van der Waals surface area contributed by atoms with Gasteiger partial charge < -0.3 is 5.73 Å². The maximum absolute atomic E-state index is 13.2. The molecule has 0 amide bonds. The van der Waals surface area contributed by atoms with Crippen molar-refractivity contribution in [3.05, 3.63) is 52.3 Å². The van der Waals surface area contributed by atoms with E-state index in [1.54, 1.807) is 12.1 Å². The van der Waals surface area contributed by atoms with E-state index in [1.807, 2.05) is 13.0 Å². The molecule has 0 heterocycles. The van der Waals surface area contributed by atoms with Crippen LogP contribution in [0.25, 0.3) is 0 Å². The van der Waals surface area contributed by atoms with E-state index in [9.17, 15) is 12.8 Å². The largest absolute Gasteiger partial charge is 0.398 e. The molecular formula is C13H12BrFN2O2S. The quantitative estimate of drug-likeness (QED) is 0.827. The van der Waals surface area contributed by atoms with E-state index >= 15 is 0 Å². The van der Waals surface area contributed by atoms with Crippen LogP contribution in [0.2, 0.25) is 0 Å². The molecule has 0 spiro atoms. The third-order valence-electron chi connectivity index (χ3n) is 2.63. The Bertz CT molecular complexity index is 763. The van der Waals surface area contributed by atoms with Gasteiger partial charge in [0.25, 0.3) is 10.0 Å². The molecular weight excluding hydrogens is 347 g/mol. The molecule has 0 saturated carbocycles. The lowest BCUT2D eigenvalue weighted by Crippen LogP contribution is -2.15. The van der Waals surface area contributed by atoms with Gasteiger partial charge in [0, 0.05) is 4.47 Å². The van der Waals surface area contributed by atoms with Gasteiger partial charge in [-0.15, -0.1) is 0 Å². The van der Waals surface area contributed by atoms with Gasteiger partial charge in [0.15, 0.2) is 0 Å². The Morgan fingerprint density at radius 2 is 1.90 bits per heavy atom. The molecule has 3 N–H and O–H groups in total. The second-order valence-electron chi connectivity index (χ2n) is 4.27. The minimum atomic E-state index is -3.95. The van der Waals surface area contributed by atoms with Crippen LogP contribution < -0.4 is 10.5 Å². The fourth-order valence-electron chi connectivity index (χ4n) is 1.66. The van der Waals surface area contributed by atoms with E-state index in [2.05, 4.69) is 20.7 Å². The van der Waals surface area contributed by atoms with Crippen LogP contribution in [0.4, 0.5) is 15.8 Å². The van der Waals surface area contributed by atoms with E-state index in [1.165, 1.54) is 6.07 Å². The van der Waals surface area contributed by atoms with Gasteiger partial charge in [0.1, 0.15) is 10.7 Å². The van der Waals surface area contributed by atoms with Gasteiger partial charge in [-0.2, -0.15) is 0 Å². The predicted octanol–water partition coefficient (Wildman–Crippen LogP) is 3.28. The number of aryl methyl sites for hydroxylation is 1. The third-order valence-corrected chi connectivity index (χ3v) is 4.74. The number of anilines is 2. The molecule has 4 nitrogen and oxygen atoms in total. The highest BCUT2D eigenvalue weighted by atomic mass is 79.9. The molecule has 0 radical (unpaired) electrons. The molecule has 0 fully saturated rings. The highest BCUT2D eigenvalue weighted by Crippen LogP contribution is 2.28. The Kier molecular flexibility index (Phi) is 4.01. The van der Waals surface area contributed by atoms with Gasteiger partial charge >= 0.3 is 0 Å². The van der Waals surface area contributed by atoms with Crippen LogP contribution in [0, 0.1) is 12.7 Å². The van der Waals surface area contributed by atoms with Gasteiger partial charge in [0.2, 0.25) is 0 Å². The normalized spacial score (nSPS) is 11.3. The van der Waals surface area contributed by atoms with Crippen molar-refractivity contribution >= 4 is 37.3 Å². The number of nitrogen functional groups attached to an aromatic ring is 1. The monoisotopic (exact) mass is 358 g/mol. The standard InChI is InChI=1S/C13H12BrFN2O2S/c1-8-2-4-10(14)12(6-8)17-20(18,19)13-7-9(15)3-5-11(13)16/h2-7,17H,16H2,1H3. The highest BCUT2D eigenvalue weighted by Gasteiger charge is 2.19. The van der Waals surface area contributed by atoms with Gasteiger partial charge in [0.05, 0.1) is 11.4 Å². The van der Waals surface area contributed by atoms with Gasteiger partial charge in [-0.3, -0.25) is 4.72 Å². The van der Waals surface area contributed by atoms with Crippen LogP contribution in [-0.2, 0) is 10.0 Å². The molecule has 0 aliphatic rings. The van der Waals surface area contributed by atoms with Crippen LogP contribution in [0.15, 0.2) is 45.8 Å². The number of hydrogen-bond donors (Lipinski definition) is 2. The average molecular weight is 359 g/mol. The van der Waals surface area contributed by atoms with E-state index in [-0.39, 0.29) is 10.6 Å². The minimum Gasteiger partial charge on any atom is -0.398 e. The second-order valence-corrected chi connectivity index (χ2v) is 6.78. The summed E-state index contributed by atoms with van der Waals surface area (Å²) in [5.74, 6) is -0.664. The van der Waals surface area contributed by atoms with Crippen LogP contribution in [0.3, 0.4) is 0 Å². The lowest BCUT2D eigenvalue weighted by molar-refractivity contribution is 0.596. The van der Waals surface area contributed by atoms with E-state index < -0.39 is 15.8 Å². The SMILES string of the molecule is Cc1ccc(Br)c(NS(=O)(=O)c2cc(F)ccc2N)c1. The van der Waals surface area contributed by atoms with Crippen molar-refractivity contribution in [1.82, 2.24) is 0 Å². The number of nitrogens with two attached hydrogens (primary N) is 1. The molecule has 2 aromatic rings. The third kappa shape index (κ3) is 3.10. The molecule has 0 saturated heterocycles. The smallest absolute Gasteiger partial charge is 0.264 e. The first-order valence-corrected chi connectivity index (χ1v) is 7.91. The Morgan fingerprint density at radius 1 is 1.20 bits per heavy atom. The molecule has 0 aliphatic heterocycles. The molecule has 20 heavy (non-hydrogen) atoms. The topological polar surface area (TPSA) is 72.2 Å². The summed E-state index contributed by atoms with van der Waals surface area (Å²) in [6.07, 6.45) is 0. The Balaban J connectivity index is 2.46. The number of halogens is 2. The van der Waals surface area contributed by atoms with E-state index in [4.69, 9.17) is 5.73 Å². The van der Waals surface area contributed by atoms with Crippen molar-refractivity contribution in [2.24, 2.45) is 0 Å². The molecule has 106 valence electrons. The summed E-state index contributed by atoms with van der Waals surface area (Å²) in [6, 6.07) is 8.44. The molecule has 7 heteroatoms. The first-order valence-electron chi connectivity index (χ1n) is 5.63. The number of rotatable bonds is 3. The maximum Gasteiger partial charge on any atom is 0.264 e. The van der Waals surface area contributed by atoms with Crippen molar-refractivity contribution in [3.8, 4) is 0 Å². The predicted molar refractivity (Wildman–Crippen MR) is 80.5 cm³/mol. The molecule has 0 unspecified atom stereocenters. The molecule has 0 atom stereocenters. The van der Waals surface area contributed by atoms with Crippen LogP contribution >= 0.6 is 15.9 Å². The number of benzene rings is 2. The van der Waals surface area contributed by atoms with Gasteiger partial charge in [-0.05, 0) is 58.7 Å². The molecule has 0 aliphatic carbocycles. The minimum absolute atomic E-state index is 0.0114. The maximum atomic E-state index is 13.2. The summed E-state index contributed by atoms with van der Waals surface area (Å²) in [4.78, 5) is -0.286. The molecule has 0 bridgehead atoms. The van der Waals surface area contributed by atoms with E-state index in [0.717, 1.165) is 17.7 Å². The molecule has 0 aromatic heterocycles. The van der Waals surface area contributed by atoms with Crippen molar-refractivity contribution in [1.29, 1.82) is 0 Å². The van der Waals surface area contributed by atoms with Crippen LogP contribution in [0.1, 0.15) is 5.56 Å². The summed E-state index contributed by atoms with van der Waals surface area (Å²) in [6.45, 7) is 1.83. The molecule has 2 rings (SSSR count). The fraction of sp³-hybridized carbons (Fsp3) is 0.0769. The molecule has 2 aromatic carbocycles. The summed E-state index contributed by atoms with van der Waals surface area (Å²) < 4.78 is 40.7. The Hall–Kier alpha value is -1.60. The number of sulfonamides is 1. The Labute approximate surface area is 125 Å². The first kappa shape index (κ1) is 14.8. The zero-order chi connectivity index (χ0) is 14.9. The summed E-state index contributed by atoms with van der Waals surface area (Å²) in [5, 5.41) is 0. The van der Waals surface area contributed by atoms with Crippen molar-refractivity contribution in [2.75, 3.05) is 10.5 Å².